The topological polar surface area (TPSA) is 96.0 Å². The van der Waals surface area contributed by atoms with Gasteiger partial charge in [0.05, 0.1) is 27.7 Å². The minimum atomic E-state index is -4.34. The Labute approximate surface area is 284 Å². The van der Waals surface area contributed by atoms with Gasteiger partial charge in [-0.05, 0) is 67.4 Å². The van der Waals surface area contributed by atoms with Gasteiger partial charge in [0.25, 0.3) is 10.0 Å². The molecule has 0 bridgehead atoms. The van der Waals surface area contributed by atoms with E-state index in [0.717, 1.165) is 15.4 Å². The number of carbonyl (C=O) groups excluding carboxylic acids is 2. The van der Waals surface area contributed by atoms with Crippen LogP contribution in [-0.2, 0) is 32.6 Å². The Bertz CT molecular complexity index is 1790. The van der Waals surface area contributed by atoms with Crippen LogP contribution in [0, 0.1) is 6.92 Å². The number of carbonyl (C=O) groups is 2. The van der Waals surface area contributed by atoms with E-state index < -0.39 is 34.4 Å². The summed E-state index contributed by atoms with van der Waals surface area (Å²) in [7, 11) is -2.95. The molecule has 1 atom stereocenters. The SMILES string of the molecule is CCNC(=O)[C@H](Cc1ccccc1)N(Cc1ccc(Cl)c(Cl)c1)C(=O)CN(c1cc(Cl)ccc1OC)S(=O)(=O)c1ccc(C)cc1. The van der Waals surface area contributed by atoms with Gasteiger partial charge in [0, 0.05) is 24.5 Å². The summed E-state index contributed by atoms with van der Waals surface area (Å²) in [5, 5.41) is 3.67. The third-order valence-corrected chi connectivity index (χ3v) is 10.0. The Morgan fingerprint density at radius 3 is 2.20 bits per heavy atom. The predicted octanol–water partition coefficient (Wildman–Crippen LogP) is 6.94. The molecule has 4 rings (SSSR count). The van der Waals surface area contributed by atoms with Gasteiger partial charge in [-0.2, -0.15) is 0 Å². The number of aryl methyl sites for hydroxylation is 1. The number of hydrogen-bond donors (Lipinski definition) is 1. The normalized spacial score (nSPS) is 11.9. The summed E-state index contributed by atoms with van der Waals surface area (Å²) < 4.78 is 35.0. The van der Waals surface area contributed by atoms with E-state index in [9.17, 15) is 18.0 Å². The lowest BCUT2D eigenvalue weighted by Gasteiger charge is -2.34. The Kier molecular flexibility index (Phi) is 12.0. The van der Waals surface area contributed by atoms with Crippen LogP contribution in [0.3, 0.4) is 0 Å². The number of ether oxygens (including phenoxy) is 1. The van der Waals surface area contributed by atoms with Gasteiger partial charge in [0.15, 0.2) is 0 Å². The second kappa shape index (κ2) is 15.7. The highest BCUT2D eigenvalue weighted by Gasteiger charge is 2.35. The lowest BCUT2D eigenvalue weighted by Crippen LogP contribution is -2.53. The number of rotatable bonds is 13. The average Bonchev–Trinajstić information content (AvgIpc) is 3.03. The molecule has 0 fully saturated rings. The number of methoxy groups -OCH3 is 1. The molecule has 8 nitrogen and oxygen atoms in total. The highest BCUT2D eigenvalue weighted by atomic mass is 35.5. The molecule has 1 N–H and O–H groups in total. The number of nitrogens with zero attached hydrogens (tertiary/aromatic N) is 2. The van der Waals surface area contributed by atoms with E-state index in [1.165, 1.54) is 36.3 Å². The summed E-state index contributed by atoms with van der Waals surface area (Å²) in [6, 6.07) is 24.0. The maximum absolute atomic E-state index is 14.5. The summed E-state index contributed by atoms with van der Waals surface area (Å²) in [5.41, 5.74) is 2.33. The number of benzene rings is 4. The molecule has 0 heterocycles. The molecule has 0 aliphatic rings. The Hall–Kier alpha value is -3.76. The maximum Gasteiger partial charge on any atom is 0.264 e. The zero-order valence-electron chi connectivity index (χ0n) is 25.5. The molecular formula is C34H34Cl3N3O5S. The van der Waals surface area contributed by atoms with Crippen LogP contribution in [0.15, 0.2) is 95.9 Å². The smallest absolute Gasteiger partial charge is 0.264 e. The van der Waals surface area contributed by atoms with Crippen molar-refractivity contribution in [2.24, 2.45) is 0 Å². The quantitative estimate of drug-likeness (QED) is 0.163. The summed E-state index contributed by atoms with van der Waals surface area (Å²) in [6.07, 6.45) is 0.172. The molecular weight excluding hydrogens is 669 g/mol. The third-order valence-electron chi connectivity index (χ3n) is 7.26. The highest BCUT2D eigenvalue weighted by molar-refractivity contribution is 7.92. The van der Waals surface area contributed by atoms with E-state index in [4.69, 9.17) is 39.5 Å². The number of amides is 2. The van der Waals surface area contributed by atoms with E-state index >= 15 is 0 Å². The first-order chi connectivity index (χ1) is 21.9. The van der Waals surface area contributed by atoms with Gasteiger partial charge in [0.1, 0.15) is 18.3 Å². The number of hydrogen-bond acceptors (Lipinski definition) is 5. The van der Waals surface area contributed by atoms with Crippen LogP contribution >= 0.6 is 34.8 Å². The predicted molar refractivity (Wildman–Crippen MR) is 183 cm³/mol. The fourth-order valence-electron chi connectivity index (χ4n) is 4.89. The van der Waals surface area contributed by atoms with Crippen LogP contribution in [0.2, 0.25) is 15.1 Å². The van der Waals surface area contributed by atoms with E-state index in [1.54, 1.807) is 43.3 Å². The average molecular weight is 703 g/mol. The molecule has 0 aromatic heterocycles. The molecule has 0 unspecified atom stereocenters. The second-order valence-electron chi connectivity index (χ2n) is 10.5. The molecule has 12 heteroatoms. The molecule has 242 valence electrons. The minimum Gasteiger partial charge on any atom is -0.495 e. The summed E-state index contributed by atoms with van der Waals surface area (Å²) in [5.74, 6) is -0.850. The molecule has 4 aromatic carbocycles. The zero-order chi connectivity index (χ0) is 33.4. The fourth-order valence-corrected chi connectivity index (χ4v) is 6.79. The van der Waals surface area contributed by atoms with Crippen molar-refractivity contribution in [3.63, 3.8) is 0 Å². The lowest BCUT2D eigenvalue weighted by molar-refractivity contribution is -0.140. The van der Waals surface area contributed by atoms with Gasteiger partial charge in [-0.25, -0.2) is 8.42 Å². The van der Waals surface area contributed by atoms with Crippen molar-refractivity contribution in [1.29, 1.82) is 0 Å². The summed E-state index contributed by atoms with van der Waals surface area (Å²) >= 11 is 18.8. The van der Waals surface area contributed by atoms with E-state index in [2.05, 4.69) is 5.32 Å². The Morgan fingerprint density at radius 1 is 0.870 bits per heavy atom. The lowest BCUT2D eigenvalue weighted by atomic mass is 10.0. The number of likely N-dealkylation sites (N-methyl/N-ethyl adjacent to an activating group) is 1. The van der Waals surface area contributed by atoms with Crippen LogP contribution in [0.25, 0.3) is 0 Å². The third kappa shape index (κ3) is 8.53. The van der Waals surface area contributed by atoms with Gasteiger partial charge in [-0.15, -0.1) is 0 Å². The first-order valence-corrected chi connectivity index (χ1v) is 17.0. The van der Waals surface area contributed by atoms with Crippen LogP contribution in [0.5, 0.6) is 5.75 Å². The summed E-state index contributed by atoms with van der Waals surface area (Å²) in [4.78, 5) is 29.5. The molecule has 0 saturated carbocycles. The van der Waals surface area contributed by atoms with Crippen LogP contribution in [0.4, 0.5) is 5.69 Å². The molecule has 0 aliphatic carbocycles. The van der Waals surface area contributed by atoms with E-state index in [-0.39, 0.29) is 39.3 Å². The van der Waals surface area contributed by atoms with Gasteiger partial charge < -0.3 is 15.0 Å². The van der Waals surface area contributed by atoms with Gasteiger partial charge >= 0.3 is 0 Å². The molecule has 46 heavy (non-hydrogen) atoms. The number of anilines is 1. The zero-order valence-corrected chi connectivity index (χ0v) is 28.6. The van der Waals surface area contributed by atoms with Crippen molar-refractivity contribution < 1.29 is 22.7 Å². The first-order valence-electron chi connectivity index (χ1n) is 14.4. The minimum absolute atomic E-state index is 0.0338. The molecule has 4 aromatic rings. The van der Waals surface area contributed by atoms with Crippen molar-refractivity contribution in [2.45, 2.75) is 37.8 Å². The number of sulfonamides is 1. The van der Waals surface area contributed by atoms with Crippen molar-refractivity contribution in [3.05, 3.63) is 123 Å². The van der Waals surface area contributed by atoms with Gasteiger partial charge in [-0.3, -0.25) is 13.9 Å². The number of nitrogens with one attached hydrogen (secondary N) is 1. The Morgan fingerprint density at radius 2 is 1.57 bits per heavy atom. The highest BCUT2D eigenvalue weighted by Crippen LogP contribution is 2.35. The van der Waals surface area contributed by atoms with Crippen LogP contribution in [0.1, 0.15) is 23.6 Å². The molecule has 0 aliphatic heterocycles. The van der Waals surface area contributed by atoms with Crippen molar-refractivity contribution in [3.8, 4) is 5.75 Å². The fraction of sp³-hybridized carbons (Fsp3) is 0.235. The van der Waals surface area contributed by atoms with Gasteiger partial charge in [0.2, 0.25) is 11.8 Å². The first kappa shape index (κ1) is 35.1. The standard InChI is InChI=1S/C34H34Cl3N3O5S/c1-4-38-34(42)31(19-24-8-6-5-7-9-24)39(21-25-12-16-28(36)29(37)18-25)33(41)22-40(30-20-26(35)13-17-32(30)45-3)46(43,44)27-14-10-23(2)11-15-27/h5-18,20,31H,4,19,21-22H2,1-3H3,(H,38,42)/t31-/m0/s1. The largest absolute Gasteiger partial charge is 0.495 e. The monoisotopic (exact) mass is 701 g/mol. The second-order valence-corrected chi connectivity index (χ2v) is 13.6. The van der Waals surface area contributed by atoms with E-state index in [0.29, 0.717) is 17.1 Å². The van der Waals surface area contributed by atoms with Crippen molar-refractivity contribution in [1.82, 2.24) is 10.2 Å². The van der Waals surface area contributed by atoms with Crippen molar-refractivity contribution in [2.75, 3.05) is 24.5 Å². The van der Waals surface area contributed by atoms with Crippen molar-refractivity contribution >= 4 is 62.3 Å². The molecule has 2 amide bonds. The van der Waals surface area contributed by atoms with Gasteiger partial charge in [-0.1, -0.05) is 88.9 Å². The summed E-state index contributed by atoms with van der Waals surface area (Å²) in [6.45, 7) is 3.22. The maximum atomic E-state index is 14.5. The molecule has 0 saturated heterocycles. The van der Waals surface area contributed by atoms with E-state index in [1.807, 2.05) is 37.3 Å². The number of halogens is 3. The van der Waals surface area contributed by atoms with Crippen LogP contribution in [-0.4, -0.2) is 51.4 Å². The molecule has 0 radical (unpaired) electrons. The Balaban J connectivity index is 1.86. The molecule has 0 spiro atoms. The van der Waals surface area contributed by atoms with Crippen LogP contribution < -0.4 is 14.4 Å².